The van der Waals surface area contributed by atoms with E-state index in [0.29, 0.717) is 18.8 Å². The molecule has 3 heterocycles. The first kappa shape index (κ1) is 31.0. The molecule has 0 aliphatic carbocycles. The molecule has 0 spiro atoms. The predicted octanol–water partition coefficient (Wildman–Crippen LogP) is 6.68. The monoisotopic (exact) mass is 614 g/mol. The van der Waals surface area contributed by atoms with E-state index in [4.69, 9.17) is 9.47 Å². The summed E-state index contributed by atoms with van der Waals surface area (Å²) in [4.78, 5) is 23.9. The summed E-state index contributed by atoms with van der Waals surface area (Å²) in [7, 11) is -3.69. The second-order valence-electron chi connectivity index (χ2n) is 12.0. The molecule has 2 atom stereocenters. The van der Waals surface area contributed by atoms with Gasteiger partial charge in [0.15, 0.2) is 0 Å². The number of aryl methyl sites for hydroxylation is 1. The zero-order chi connectivity index (χ0) is 31.3. The molecule has 0 bridgehead atoms. The summed E-state index contributed by atoms with van der Waals surface area (Å²) in [5.41, 5.74) is 3.51. The number of fused-ring (bicyclic) bond motifs is 1. The Morgan fingerprint density at radius 2 is 1.86 bits per heavy atom. The average molecular weight is 615 g/mol. The van der Waals surface area contributed by atoms with E-state index in [1.165, 1.54) is 6.20 Å². The molecule has 9 nitrogen and oxygen atoms in total. The van der Waals surface area contributed by atoms with Crippen LogP contribution in [0.1, 0.15) is 51.2 Å². The Labute approximate surface area is 259 Å². The van der Waals surface area contributed by atoms with Crippen LogP contribution in [0, 0.1) is 0 Å². The topological polar surface area (TPSA) is 111 Å². The molecule has 2 aromatic carbocycles. The third-order valence-corrected chi connectivity index (χ3v) is 8.68. The van der Waals surface area contributed by atoms with Gasteiger partial charge in [-0.25, -0.2) is 13.2 Å². The Kier molecular flexibility index (Phi) is 9.20. The molecule has 0 fully saturated rings. The highest BCUT2D eigenvalue weighted by Gasteiger charge is 2.29. The van der Waals surface area contributed by atoms with Crippen molar-refractivity contribution < 1.29 is 22.7 Å². The first-order chi connectivity index (χ1) is 21.0. The number of ether oxygens (including phenoxy) is 2. The van der Waals surface area contributed by atoms with Crippen LogP contribution < -0.4 is 9.46 Å². The number of carbonyl (C=O) groups is 1. The van der Waals surface area contributed by atoms with Crippen molar-refractivity contribution in [3.8, 4) is 17.0 Å². The predicted molar refractivity (Wildman–Crippen MR) is 170 cm³/mol. The maximum atomic E-state index is 13.2. The molecule has 1 aliphatic heterocycles. The number of sulfonamides is 1. The molecule has 1 aliphatic rings. The minimum absolute atomic E-state index is 0.0715. The number of pyridine rings is 2. The number of hydrogen-bond acceptors (Lipinski definition) is 7. The number of aromatic nitrogens is 2. The molecule has 1 N–H and O–H groups in total. The second kappa shape index (κ2) is 13.1. The number of nitrogens with one attached hydrogen (secondary N) is 1. The van der Waals surface area contributed by atoms with Gasteiger partial charge < -0.3 is 14.4 Å². The molecular formula is C34H38N4O5S. The van der Waals surface area contributed by atoms with Crippen molar-refractivity contribution in [2.75, 3.05) is 17.8 Å². The lowest BCUT2D eigenvalue weighted by Gasteiger charge is -2.34. The van der Waals surface area contributed by atoms with Gasteiger partial charge in [-0.2, -0.15) is 0 Å². The van der Waals surface area contributed by atoms with Crippen LogP contribution in [-0.4, -0.2) is 54.2 Å². The van der Waals surface area contributed by atoms with Crippen molar-refractivity contribution >= 4 is 21.8 Å². The lowest BCUT2D eigenvalue weighted by Crippen LogP contribution is -2.45. The number of anilines is 1. The largest absolute Gasteiger partial charge is 0.488 e. The van der Waals surface area contributed by atoms with Gasteiger partial charge in [0, 0.05) is 30.4 Å². The molecule has 5 rings (SSSR count). The van der Waals surface area contributed by atoms with E-state index >= 15 is 0 Å². The van der Waals surface area contributed by atoms with Crippen LogP contribution in [-0.2, 0) is 21.2 Å². The van der Waals surface area contributed by atoms with Gasteiger partial charge in [0.05, 0.1) is 29.0 Å². The first-order valence-electron chi connectivity index (χ1n) is 14.7. The number of carbonyl (C=O) groups excluding carboxylic acids is 1. The van der Waals surface area contributed by atoms with Gasteiger partial charge in [0.2, 0.25) is 0 Å². The van der Waals surface area contributed by atoms with Crippen molar-refractivity contribution in [1.29, 1.82) is 0 Å². The van der Waals surface area contributed by atoms with Crippen LogP contribution >= 0.6 is 0 Å². The smallest absolute Gasteiger partial charge is 0.410 e. The van der Waals surface area contributed by atoms with Crippen molar-refractivity contribution in [3.05, 3.63) is 103 Å². The number of hydrogen-bond donors (Lipinski definition) is 1. The maximum Gasteiger partial charge on any atom is 0.410 e. The number of benzene rings is 2. The SMILES string of the molecule is C[C@@H](CN(C[C@H]1CCc2cc(-c3ccc(NS(=O)(=O)c4ccccc4)cn3)ccc2O1)C(=O)OC(C)(C)C)c1cccnc1. The average Bonchev–Trinajstić information content (AvgIpc) is 3.00. The van der Waals surface area contributed by atoms with E-state index < -0.39 is 15.6 Å². The fourth-order valence-electron chi connectivity index (χ4n) is 5.07. The highest BCUT2D eigenvalue weighted by Crippen LogP contribution is 2.32. The Morgan fingerprint density at radius 1 is 1.07 bits per heavy atom. The summed E-state index contributed by atoms with van der Waals surface area (Å²) in [6.45, 7) is 8.56. The summed E-state index contributed by atoms with van der Waals surface area (Å²) in [5.74, 6) is 0.851. The van der Waals surface area contributed by atoms with E-state index in [1.54, 1.807) is 53.6 Å². The highest BCUT2D eigenvalue weighted by atomic mass is 32.2. The molecule has 10 heteroatoms. The zero-order valence-corrected chi connectivity index (χ0v) is 26.3. The molecule has 0 saturated carbocycles. The first-order valence-corrected chi connectivity index (χ1v) is 16.2. The summed E-state index contributed by atoms with van der Waals surface area (Å²) in [5, 5.41) is 0. The Balaban J connectivity index is 1.25. The van der Waals surface area contributed by atoms with Crippen molar-refractivity contribution in [2.24, 2.45) is 0 Å². The third-order valence-electron chi connectivity index (χ3n) is 7.28. The van der Waals surface area contributed by atoms with E-state index in [2.05, 4.69) is 27.7 Å². The van der Waals surface area contributed by atoms with Crippen LogP contribution in [0.25, 0.3) is 11.3 Å². The van der Waals surface area contributed by atoms with Crippen molar-refractivity contribution in [2.45, 2.75) is 63.1 Å². The van der Waals surface area contributed by atoms with Gasteiger partial charge in [-0.15, -0.1) is 0 Å². The lowest BCUT2D eigenvalue weighted by molar-refractivity contribution is 0.0142. The molecule has 230 valence electrons. The second-order valence-corrected chi connectivity index (χ2v) is 13.7. The molecule has 0 saturated heterocycles. The van der Waals surface area contributed by atoms with Crippen LogP contribution in [0.3, 0.4) is 0 Å². The van der Waals surface area contributed by atoms with Crippen molar-refractivity contribution in [1.82, 2.24) is 14.9 Å². The van der Waals surface area contributed by atoms with Crippen LogP contribution in [0.5, 0.6) is 5.75 Å². The highest BCUT2D eigenvalue weighted by molar-refractivity contribution is 7.92. The van der Waals surface area contributed by atoms with E-state index in [-0.39, 0.29) is 23.0 Å². The Hall–Kier alpha value is -4.44. The third kappa shape index (κ3) is 7.93. The molecule has 2 aromatic heterocycles. The molecule has 4 aromatic rings. The summed E-state index contributed by atoms with van der Waals surface area (Å²) in [6.07, 6.45) is 6.06. The molecule has 1 amide bonds. The van der Waals surface area contributed by atoms with Crippen molar-refractivity contribution in [3.63, 3.8) is 0 Å². The van der Waals surface area contributed by atoms with Gasteiger partial charge in [-0.1, -0.05) is 31.2 Å². The Morgan fingerprint density at radius 3 is 2.55 bits per heavy atom. The quantitative estimate of drug-likeness (QED) is 0.224. The Bertz CT molecular complexity index is 1670. The maximum absolute atomic E-state index is 13.2. The standard InChI is InChI=1S/C34H38N4O5S/c1-24(27-9-8-18-35-20-27)22-38(33(39)43-34(2,3)4)23-29-15-12-26-19-25(13-17-32(26)42-29)31-16-14-28(21-36-31)37-44(40,41)30-10-6-5-7-11-30/h5-11,13-14,16-21,24,29,37H,12,15,22-23H2,1-4H3/t24-,29+/m0/s1. The van der Waals surface area contributed by atoms with Crippen LogP contribution in [0.2, 0.25) is 0 Å². The van der Waals surface area contributed by atoms with Crippen LogP contribution in [0.15, 0.2) is 96.3 Å². The van der Waals surface area contributed by atoms with Gasteiger partial charge in [-0.05, 0) is 93.3 Å². The summed E-state index contributed by atoms with van der Waals surface area (Å²) >= 11 is 0. The van der Waals surface area contributed by atoms with Crippen LogP contribution in [0.4, 0.5) is 10.5 Å². The van der Waals surface area contributed by atoms with Gasteiger partial charge in [-0.3, -0.25) is 14.7 Å². The van der Waals surface area contributed by atoms with Gasteiger partial charge in [0.1, 0.15) is 17.5 Å². The van der Waals surface area contributed by atoms with E-state index in [9.17, 15) is 13.2 Å². The molecular weight excluding hydrogens is 576 g/mol. The molecule has 0 unspecified atom stereocenters. The minimum Gasteiger partial charge on any atom is -0.488 e. The fourth-order valence-corrected chi connectivity index (χ4v) is 6.14. The minimum atomic E-state index is -3.69. The fraction of sp³-hybridized carbons (Fsp3) is 0.324. The molecule has 0 radical (unpaired) electrons. The lowest BCUT2D eigenvalue weighted by atomic mass is 9.98. The number of amides is 1. The van der Waals surface area contributed by atoms with E-state index in [0.717, 1.165) is 41.0 Å². The van der Waals surface area contributed by atoms with Gasteiger partial charge in [0.25, 0.3) is 10.0 Å². The van der Waals surface area contributed by atoms with Gasteiger partial charge >= 0.3 is 6.09 Å². The number of nitrogens with zero attached hydrogens (tertiary/aromatic N) is 3. The molecule has 44 heavy (non-hydrogen) atoms. The number of rotatable bonds is 9. The summed E-state index contributed by atoms with van der Waals surface area (Å²) in [6, 6.07) is 21.5. The zero-order valence-electron chi connectivity index (χ0n) is 25.4. The summed E-state index contributed by atoms with van der Waals surface area (Å²) < 4.78 is 40.0. The van der Waals surface area contributed by atoms with E-state index in [1.807, 2.05) is 51.2 Å². The normalized spacial score (nSPS) is 15.4.